The van der Waals surface area contributed by atoms with E-state index in [9.17, 15) is 0 Å². The van der Waals surface area contributed by atoms with Crippen molar-refractivity contribution in [3.05, 3.63) is 53.2 Å². The van der Waals surface area contributed by atoms with Crippen LogP contribution < -0.4 is 10.6 Å². The average Bonchev–Trinajstić information content (AvgIpc) is 3.07. The Morgan fingerprint density at radius 2 is 2.23 bits per heavy atom. The highest BCUT2D eigenvalue weighted by Crippen LogP contribution is 2.25. The second-order valence-electron chi connectivity index (χ2n) is 6.78. The summed E-state index contributed by atoms with van der Waals surface area (Å²) in [6, 6.07) is 6.20. The second kappa shape index (κ2) is 7.21. The molecule has 26 heavy (non-hydrogen) atoms. The van der Waals surface area contributed by atoms with Gasteiger partial charge in [-0.15, -0.1) is 0 Å². The number of aromatic amines is 1. The van der Waals surface area contributed by atoms with Gasteiger partial charge >= 0.3 is 0 Å². The van der Waals surface area contributed by atoms with E-state index in [2.05, 4.69) is 38.8 Å². The van der Waals surface area contributed by atoms with Crippen molar-refractivity contribution in [1.29, 1.82) is 0 Å². The van der Waals surface area contributed by atoms with Gasteiger partial charge in [-0.05, 0) is 45.0 Å². The molecule has 0 saturated carbocycles. The normalized spacial score (nSPS) is 14.7. The highest BCUT2D eigenvalue weighted by Gasteiger charge is 2.19. The van der Waals surface area contributed by atoms with Crippen LogP contribution in [-0.4, -0.2) is 37.7 Å². The SMILES string of the molecule is Cc1cc(CC(C)Nc2nc(-c3cccnc3)nc3c2CCNC3)n[nH]1. The second-order valence-corrected chi connectivity index (χ2v) is 6.78. The van der Waals surface area contributed by atoms with E-state index >= 15 is 0 Å². The Morgan fingerprint density at radius 1 is 1.31 bits per heavy atom. The summed E-state index contributed by atoms with van der Waals surface area (Å²) in [6.45, 7) is 5.89. The summed E-state index contributed by atoms with van der Waals surface area (Å²) in [5.41, 5.74) is 5.34. The molecule has 0 fully saturated rings. The molecule has 7 heteroatoms. The van der Waals surface area contributed by atoms with Crippen LogP contribution in [0.1, 0.15) is 29.6 Å². The summed E-state index contributed by atoms with van der Waals surface area (Å²) < 4.78 is 0. The van der Waals surface area contributed by atoms with Crippen LogP contribution in [0.2, 0.25) is 0 Å². The van der Waals surface area contributed by atoms with Crippen LogP contribution in [0.5, 0.6) is 0 Å². The van der Waals surface area contributed by atoms with Gasteiger partial charge in [-0.2, -0.15) is 5.10 Å². The fourth-order valence-corrected chi connectivity index (χ4v) is 3.28. The van der Waals surface area contributed by atoms with Crippen molar-refractivity contribution in [2.24, 2.45) is 0 Å². The number of aromatic nitrogens is 5. The maximum Gasteiger partial charge on any atom is 0.163 e. The van der Waals surface area contributed by atoms with Gasteiger partial charge in [0.25, 0.3) is 0 Å². The van der Waals surface area contributed by atoms with Crippen molar-refractivity contribution in [3.8, 4) is 11.4 Å². The van der Waals surface area contributed by atoms with Crippen molar-refractivity contribution in [2.45, 2.75) is 39.3 Å². The predicted octanol–water partition coefficient (Wildman–Crippen LogP) is 2.26. The number of anilines is 1. The summed E-state index contributed by atoms with van der Waals surface area (Å²) in [4.78, 5) is 13.8. The standard InChI is InChI=1S/C19H23N7/c1-12(8-15-9-13(2)25-26-15)22-19-16-5-7-21-11-17(16)23-18(24-19)14-4-3-6-20-10-14/h3-4,6,9-10,12,21H,5,7-8,11H2,1-2H3,(H,25,26)(H,22,23,24). The molecule has 3 N–H and O–H groups in total. The minimum atomic E-state index is 0.216. The smallest absolute Gasteiger partial charge is 0.163 e. The van der Waals surface area contributed by atoms with Crippen molar-refractivity contribution in [2.75, 3.05) is 11.9 Å². The van der Waals surface area contributed by atoms with E-state index in [1.807, 2.05) is 19.1 Å². The Labute approximate surface area is 152 Å². The third kappa shape index (κ3) is 3.57. The molecule has 134 valence electrons. The van der Waals surface area contributed by atoms with Gasteiger partial charge in [0.2, 0.25) is 0 Å². The summed E-state index contributed by atoms with van der Waals surface area (Å²) in [5, 5.41) is 14.3. The topological polar surface area (TPSA) is 91.4 Å². The first kappa shape index (κ1) is 16.7. The van der Waals surface area contributed by atoms with E-state index in [1.165, 1.54) is 5.56 Å². The Hall–Kier alpha value is -2.80. The first-order valence-corrected chi connectivity index (χ1v) is 8.97. The molecule has 0 aromatic carbocycles. The van der Waals surface area contributed by atoms with Crippen LogP contribution >= 0.6 is 0 Å². The molecule has 0 spiro atoms. The molecule has 0 aliphatic carbocycles. The molecule has 3 aromatic heterocycles. The number of nitrogens with one attached hydrogen (secondary N) is 3. The first-order valence-electron chi connectivity index (χ1n) is 8.97. The molecule has 4 heterocycles. The molecule has 4 rings (SSSR count). The van der Waals surface area contributed by atoms with E-state index < -0.39 is 0 Å². The Balaban J connectivity index is 1.63. The van der Waals surface area contributed by atoms with Gasteiger partial charge in [0, 0.05) is 48.2 Å². The lowest BCUT2D eigenvalue weighted by atomic mass is 10.1. The van der Waals surface area contributed by atoms with E-state index in [4.69, 9.17) is 9.97 Å². The zero-order chi connectivity index (χ0) is 17.9. The molecule has 0 radical (unpaired) electrons. The molecular formula is C19H23N7. The number of fused-ring (bicyclic) bond motifs is 1. The highest BCUT2D eigenvalue weighted by molar-refractivity contribution is 5.59. The van der Waals surface area contributed by atoms with Crippen LogP contribution in [0.4, 0.5) is 5.82 Å². The fraction of sp³-hybridized carbons (Fsp3) is 0.368. The summed E-state index contributed by atoms with van der Waals surface area (Å²) in [6.07, 6.45) is 5.33. The lowest BCUT2D eigenvalue weighted by Gasteiger charge is -2.23. The highest BCUT2D eigenvalue weighted by atomic mass is 15.1. The number of rotatable bonds is 5. The summed E-state index contributed by atoms with van der Waals surface area (Å²) in [5.74, 6) is 1.64. The average molecular weight is 349 g/mol. The van der Waals surface area contributed by atoms with Gasteiger partial charge in [0.1, 0.15) is 5.82 Å². The van der Waals surface area contributed by atoms with Crippen LogP contribution in [0, 0.1) is 6.92 Å². The zero-order valence-corrected chi connectivity index (χ0v) is 15.1. The van der Waals surface area contributed by atoms with Crippen LogP contribution in [0.25, 0.3) is 11.4 Å². The molecule has 7 nitrogen and oxygen atoms in total. The number of aryl methyl sites for hydroxylation is 1. The van der Waals surface area contributed by atoms with Crippen LogP contribution in [-0.2, 0) is 19.4 Å². The number of H-pyrrole nitrogens is 1. The molecule has 1 unspecified atom stereocenters. The maximum absolute atomic E-state index is 4.82. The van der Waals surface area contributed by atoms with Gasteiger partial charge in [-0.25, -0.2) is 9.97 Å². The third-order valence-corrected chi connectivity index (χ3v) is 4.51. The van der Waals surface area contributed by atoms with Gasteiger partial charge in [-0.3, -0.25) is 10.1 Å². The molecule has 1 atom stereocenters. The number of hydrogen-bond acceptors (Lipinski definition) is 6. The summed E-state index contributed by atoms with van der Waals surface area (Å²) in [7, 11) is 0. The Morgan fingerprint density at radius 3 is 3.00 bits per heavy atom. The molecule has 1 aliphatic heterocycles. The molecule has 1 aliphatic rings. The van der Waals surface area contributed by atoms with Crippen LogP contribution in [0.3, 0.4) is 0 Å². The number of hydrogen-bond donors (Lipinski definition) is 3. The quantitative estimate of drug-likeness (QED) is 0.654. The monoisotopic (exact) mass is 349 g/mol. The molecule has 0 bridgehead atoms. The lowest BCUT2D eigenvalue weighted by Crippen LogP contribution is -2.28. The van der Waals surface area contributed by atoms with Gasteiger partial charge < -0.3 is 10.6 Å². The number of nitrogens with zero attached hydrogens (tertiary/aromatic N) is 4. The third-order valence-electron chi connectivity index (χ3n) is 4.51. The van der Waals surface area contributed by atoms with E-state index in [0.29, 0.717) is 5.82 Å². The van der Waals surface area contributed by atoms with Crippen molar-refractivity contribution < 1.29 is 0 Å². The lowest BCUT2D eigenvalue weighted by molar-refractivity contribution is 0.623. The van der Waals surface area contributed by atoms with Crippen molar-refractivity contribution >= 4 is 5.82 Å². The Kier molecular flexibility index (Phi) is 4.62. The van der Waals surface area contributed by atoms with Gasteiger partial charge in [-0.1, -0.05) is 0 Å². The van der Waals surface area contributed by atoms with E-state index in [0.717, 1.165) is 54.4 Å². The first-order chi connectivity index (χ1) is 12.7. The van der Waals surface area contributed by atoms with Gasteiger partial charge in [0.15, 0.2) is 5.82 Å². The minimum Gasteiger partial charge on any atom is -0.367 e. The van der Waals surface area contributed by atoms with E-state index in [-0.39, 0.29) is 6.04 Å². The molecule has 0 amide bonds. The fourth-order valence-electron chi connectivity index (χ4n) is 3.28. The maximum atomic E-state index is 4.82. The van der Waals surface area contributed by atoms with Crippen LogP contribution in [0.15, 0.2) is 30.6 Å². The molecular weight excluding hydrogens is 326 g/mol. The Bertz CT molecular complexity index is 888. The van der Waals surface area contributed by atoms with Crippen molar-refractivity contribution in [3.63, 3.8) is 0 Å². The van der Waals surface area contributed by atoms with E-state index in [1.54, 1.807) is 12.4 Å². The molecule has 3 aromatic rings. The summed E-state index contributed by atoms with van der Waals surface area (Å²) >= 11 is 0. The van der Waals surface area contributed by atoms with Crippen molar-refractivity contribution in [1.82, 2.24) is 30.5 Å². The molecule has 0 saturated heterocycles. The minimum absolute atomic E-state index is 0.216. The number of pyridine rings is 1. The van der Waals surface area contributed by atoms with Gasteiger partial charge in [0.05, 0.1) is 11.4 Å². The zero-order valence-electron chi connectivity index (χ0n) is 15.1. The predicted molar refractivity (Wildman–Crippen MR) is 101 cm³/mol. The largest absolute Gasteiger partial charge is 0.367 e.